The van der Waals surface area contributed by atoms with E-state index in [0.717, 1.165) is 0 Å². The Morgan fingerprint density at radius 1 is 1.28 bits per heavy atom. The van der Waals surface area contributed by atoms with Crippen molar-refractivity contribution in [3.05, 3.63) is 35.3 Å². The molecule has 1 saturated heterocycles. The first-order chi connectivity index (χ1) is 14.8. The summed E-state index contributed by atoms with van der Waals surface area (Å²) in [6, 6.07) is 0.254. The number of hydrogen-bond acceptors (Lipinski definition) is 6. The van der Waals surface area contributed by atoms with Crippen molar-refractivity contribution >= 4 is 21.6 Å². The summed E-state index contributed by atoms with van der Waals surface area (Å²) in [7, 11) is -3.60. The van der Waals surface area contributed by atoms with Crippen molar-refractivity contribution < 1.29 is 35.5 Å². The first kappa shape index (κ1) is 24.0. The quantitative estimate of drug-likeness (QED) is 0.369. The van der Waals surface area contributed by atoms with Gasteiger partial charge in [-0.2, -0.15) is 18.3 Å². The number of aryl methyl sites for hydroxylation is 1. The number of esters is 1. The van der Waals surface area contributed by atoms with Gasteiger partial charge in [0.05, 0.1) is 23.3 Å². The van der Waals surface area contributed by atoms with Crippen molar-refractivity contribution in [2.75, 3.05) is 18.6 Å². The molecule has 0 bridgehead atoms. The second-order valence-corrected chi connectivity index (χ2v) is 9.65. The van der Waals surface area contributed by atoms with Crippen LogP contribution in [0.4, 0.5) is 23.4 Å². The highest BCUT2D eigenvalue weighted by Crippen LogP contribution is 2.42. The van der Waals surface area contributed by atoms with Crippen LogP contribution in [0.25, 0.3) is 0 Å². The number of ether oxygens (including phenoxy) is 1. The standard InChI is InChI=1S/C20H23F4N3O4S/c1-11(2)27-18(26-9-5-6-15(26)19(28)31-4)17(12(3)25-27)32(29,30)16-8-7-13(21)10-14(16)20(22,23)24/h7-8,10-11,15H,5-6,9H2,1-4H3. The third-order valence-corrected chi connectivity index (χ3v) is 7.25. The summed E-state index contributed by atoms with van der Waals surface area (Å²) >= 11 is 0. The minimum atomic E-state index is -5.10. The predicted molar refractivity (Wildman–Crippen MR) is 107 cm³/mol. The zero-order valence-corrected chi connectivity index (χ0v) is 18.7. The molecule has 3 rings (SSSR count). The maximum atomic E-state index is 13.6. The Labute approximate surface area is 182 Å². The van der Waals surface area contributed by atoms with Crippen molar-refractivity contribution in [1.29, 1.82) is 0 Å². The molecule has 0 radical (unpaired) electrons. The van der Waals surface area contributed by atoms with Crippen LogP contribution < -0.4 is 4.90 Å². The molecule has 176 valence electrons. The van der Waals surface area contributed by atoms with Crippen molar-refractivity contribution in [1.82, 2.24) is 9.78 Å². The van der Waals surface area contributed by atoms with Crippen LogP contribution in [0, 0.1) is 12.7 Å². The number of benzene rings is 1. The first-order valence-corrected chi connectivity index (χ1v) is 11.3. The SMILES string of the molecule is COC(=O)C1CCCN1c1c(S(=O)(=O)c2ccc(F)cc2C(F)(F)F)c(C)nn1C(C)C. The lowest BCUT2D eigenvalue weighted by Gasteiger charge is -2.27. The molecule has 2 heterocycles. The lowest BCUT2D eigenvalue weighted by Crippen LogP contribution is -2.39. The van der Waals surface area contributed by atoms with Gasteiger partial charge in [0, 0.05) is 12.6 Å². The molecule has 0 aliphatic carbocycles. The predicted octanol–water partition coefficient (Wildman–Crippen LogP) is 3.90. The summed E-state index contributed by atoms with van der Waals surface area (Å²) < 4.78 is 87.7. The van der Waals surface area contributed by atoms with Crippen LogP contribution in [0.2, 0.25) is 0 Å². The van der Waals surface area contributed by atoms with Crippen LogP contribution in [-0.4, -0.2) is 43.9 Å². The van der Waals surface area contributed by atoms with Crippen LogP contribution in [0.3, 0.4) is 0 Å². The molecule has 1 aliphatic rings. The van der Waals surface area contributed by atoms with Gasteiger partial charge in [0.2, 0.25) is 9.84 Å². The maximum Gasteiger partial charge on any atom is 0.417 e. The normalized spacial score (nSPS) is 17.3. The molecule has 1 atom stereocenters. The lowest BCUT2D eigenvalue weighted by molar-refractivity contribution is -0.142. The molecular formula is C20H23F4N3O4S. The van der Waals surface area contributed by atoms with Crippen molar-refractivity contribution in [3.63, 3.8) is 0 Å². The number of carbonyl (C=O) groups is 1. The van der Waals surface area contributed by atoms with E-state index in [1.165, 1.54) is 23.6 Å². The highest BCUT2D eigenvalue weighted by molar-refractivity contribution is 7.91. The van der Waals surface area contributed by atoms with Gasteiger partial charge in [0.25, 0.3) is 0 Å². The summed E-state index contributed by atoms with van der Waals surface area (Å²) in [5, 5.41) is 4.26. The number of rotatable bonds is 5. The molecule has 0 amide bonds. The second-order valence-electron chi connectivity index (χ2n) is 7.79. The minimum absolute atomic E-state index is 0.0165. The smallest absolute Gasteiger partial charge is 0.417 e. The van der Waals surface area contributed by atoms with E-state index in [0.29, 0.717) is 25.0 Å². The molecule has 0 N–H and O–H groups in total. The van der Waals surface area contributed by atoms with Gasteiger partial charge in [-0.1, -0.05) is 0 Å². The molecule has 1 aromatic carbocycles. The van der Waals surface area contributed by atoms with Gasteiger partial charge in [-0.05, 0) is 51.8 Å². The number of aromatic nitrogens is 2. The molecule has 1 aliphatic heterocycles. The molecule has 0 saturated carbocycles. The third-order valence-electron chi connectivity index (χ3n) is 5.30. The van der Waals surface area contributed by atoms with E-state index in [1.807, 2.05) is 0 Å². The Bertz CT molecular complexity index is 1140. The van der Waals surface area contributed by atoms with Crippen LogP contribution in [0.15, 0.2) is 28.0 Å². The topological polar surface area (TPSA) is 81.5 Å². The number of methoxy groups -OCH3 is 1. The highest BCUT2D eigenvalue weighted by atomic mass is 32.2. The van der Waals surface area contributed by atoms with Gasteiger partial charge >= 0.3 is 12.1 Å². The molecule has 1 unspecified atom stereocenters. The van der Waals surface area contributed by atoms with Gasteiger partial charge in [-0.15, -0.1) is 0 Å². The Hall–Kier alpha value is -2.63. The summed E-state index contributed by atoms with van der Waals surface area (Å²) in [5.74, 6) is -1.78. The largest absolute Gasteiger partial charge is 0.467 e. The minimum Gasteiger partial charge on any atom is -0.467 e. The Kier molecular flexibility index (Phi) is 6.29. The number of anilines is 1. The van der Waals surface area contributed by atoms with E-state index in [4.69, 9.17) is 4.74 Å². The van der Waals surface area contributed by atoms with Crippen molar-refractivity contribution in [2.45, 2.75) is 61.7 Å². The number of carbonyl (C=O) groups excluding carboxylic acids is 1. The molecule has 1 fully saturated rings. The van der Waals surface area contributed by atoms with Crippen LogP contribution in [0.5, 0.6) is 0 Å². The zero-order chi connectivity index (χ0) is 24.0. The fraction of sp³-hybridized carbons (Fsp3) is 0.500. The van der Waals surface area contributed by atoms with Crippen LogP contribution in [-0.2, 0) is 25.5 Å². The van der Waals surface area contributed by atoms with Gasteiger partial charge in [0.15, 0.2) is 0 Å². The molecular weight excluding hydrogens is 454 g/mol. The maximum absolute atomic E-state index is 13.6. The van der Waals surface area contributed by atoms with Gasteiger partial charge in [-0.25, -0.2) is 22.3 Å². The lowest BCUT2D eigenvalue weighted by atomic mass is 10.2. The van der Waals surface area contributed by atoms with Gasteiger partial charge in [0.1, 0.15) is 22.6 Å². The van der Waals surface area contributed by atoms with Crippen molar-refractivity contribution in [2.24, 2.45) is 0 Å². The molecule has 0 spiro atoms. The number of hydrogen-bond donors (Lipinski definition) is 0. The fourth-order valence-electron chi connectivity index (χ4n) is 3.93. The highest BCUT2D eigenvalue weighted by Gasteiger charge is 2.43. The molecule has 32 heavy (non-hydrogen) atoms. The van der Waals surface area contributed by atoms with E-state index in [-0.39, 0.29) is 30.2 Å². The van der Waals surface area contributed by atoms with Gasteiger partial charge in [-0.3, -0.25) is 0 Å². The fourth-order valence-corrected chi connectivity index (χ4v) is 5.74. The molecule has 1 aromatic heterocycles. The Balaban J connectivity index is 2.31. The number of nitrogens with zero attached hydrogens (tertiary/aromatic N) is 3. The third kappa shape index (κ3) is 4.07. The van der Waals surface area contributed by atoms with E-state index in [1.54, 1.807) is 13.8 Å². The summed E-state index contributed by atoms with van der Waals surface area (Å²) in [4.78, 5) is 12.3. The van der Waals surface area contributed by atoms with E-state index < -0.39 is 49.2 Å². The Morgan fingerprint density at radius 2 is 1.94 bits per heavy atom. The average molecular weight is 477 g/mol. The summed E-state index contributed by atoms with van der Waals surface area (Å²) in [6.45, 7) is 5.12. The second kappa shape index (κ2) is 8.38. The van der Waals surface area contributed by atoms with Crippen LogP contribution >= 0.6 is 0 Å². The Morgan fingerprint density at radius 3 is 2.50 bits per heavy atom. The number of sulfone groups is 1. The number of halogens is 4. The summed E-state index contributed by atoms with van der Waals surface area (Å²) in [6.07, 6.45) is -4.17. The average Bonchev–Trinajstić information content (AvgIpc) is 3.30. The first-order valence-electron chi connectivity index (χ1n) is 9.86. The van der Waals surface area contributed by atoms with E-state index >= 15 is 0 Å². The van der Waals surface area contributed by atoms with Gasteiger partial charge < -0.3 is 9.64 Å². The van der Waals surface area contributed by atoms with Crippen LogP contribution in [0.1, 0.15) is 44.0 Å². The zero-order valence-electron chi connectivity index (χ0n) is 17.9. The molecule has 12 heteroatoms. The monoisotopic (exact) mass is 477 g/mol. The molecule has 2 aromatic rings. The summed E-state index contributed by atoms with van der Waals surface area (Å²) in [5.41, 5.74) is -1.63. The van der Waals surface area contributed by atoms with E-state index in [9.17, 15) is 30.8 Å². The molecule has 7 nitrogen and oxygen atoms in total. The van der Waals surface area contributed by atoms with E-state index in [2.05, 4.69) is 5.10 Å². The van der Waals surface area contributed by atoms with Crippen molar-refractivity contribution in [3.8, 4) is 0 Å². The number of alkyl halides is 3.